The first-order chi connectivity index (χ1) is 8.77. The summed E-state index contributed by atoms with van der Waals surface area (Å²) < 4.78 is 4.82. The van der Waals surface area contributed by atoms with Crippen molar-refractivity contribution in [3.8, 4) is 6.07 Å². The van der Waals surface area contributed by atoms with Gasteiger partial charge >= 0.3 is 5.97 Å². The van der Waals surface area contributed by atoms with Crippen LogP contribution < -0.4 is 4.90 Å². The van der Waals surface area contributed by atoms with E-state index in [1.54, 1.807) is 4.90 Å². The van der Waals surface area contributed by atoms with Gasteiger partial charge in [-0.25, -0.2) is 4.79 Å². The van der Waals surface area contributed by atoms with Crippen LogP contribution in [0.4, 0.5) is 5.69 Å². The van der Waals surface area contributed by atoms with E-state index in [0.29, 0.717) is 18.5 Å². The lowest BCUT2D eigenvalue weighted by Crippen LogP contribution is -2.43. The van der Waals surface area contributed by atoms with Gasteiger partial charge in [0.1, 0.15) is 17.8 Å². The minimum absolute atomic E-state index is 0.306. The van der Waals surface area contributed by atoms with E-state index in [1.807, 2.05) is 36.4 Å². The monoisotopic (exact) mass is 242 g/mol. The molecular weight excluding hydrogens is 228 g/mol. The average Bonchev–Trinajstić information content (AvgIpc) is 2.46. The van der Waals surface area contributed by atoms with E-state index in [2.05, 4.69) is 6.07 Å². The van der Waals surface area contributed by atoms with Crippen LogP contribution in [0.5, 0.6) is 0 Å². The summed E-state index contributed by atoms with van der Waals surface area (Å²) in [6.45, 7) is 0. The molecule has 1 heterocycles. The Morgan fingerprint density at radius 1 is 1.44 bits per heavy atom. The highest BCUT2D eigenvalue weighted by molar-refractivity contribution is 5.82. The number of carbonyl (C=O) groups is 1. The molecule has 1 aromatic carbocycles. The highest BCUT2D eigenvalue weighted by Crippen LogP contribution is 2.28. The Morgan fingerprint density at radius 3 is 2.78 bits per heavy atom. The number of para-hydroxylation sites is 1. The number of hydrogen-bond acceptors (Lipinski definition) is 4. The van der Waals surface area contributed by atoms with Gasteiger partial charge in [0.15, 0.2) is 0 Å². The molecule has 1 aromatic rings. The standard InChI is InChI=1S/C14H14N2O2/c1-18-14(17)13-9-5-8-12(10-15)16(13)11-6-3-2-4-7-11/h2-4,6-8,13H,5,9H2,1H3. The fourth-order valence-corrected chi connectivity index (χ4v) is 2.14. The minimum atomic E-state index is -0.419. The average molecular weight is 242 g/mol. The van der Waals surface area contributed by atoms with Gasteiger partial charge in [0.2, 0.25) is 0 Å². The van der Waals surface area contributed by atoms with Crippen LogP contribution in [0, 0.1) is 11.3 Å². The number of carbonyl (C=O) groups excluding carboxylic acids is 1. The Bertz CT molecular complexity index is 502. The SMILES string of the molecule is COC(=O)C1CCC=C(C#N)N1c1ccccc1. The van der Waals surface area contributed by atoms with Gasteiger partial charge in [0, 0.05) is 5.69 Å². The second-order valence-corrected chi connectivity index (χ2v) is 4.02. The summed E-state index contributed by atoms with van der Waals surface area (Å²) in [5.41, 5.74) is 1.34. The fraction of sp³-hybridized carbons (Fsp3) is 0.286. The molecule has 1 aliphatic rings. The molecule has 0 aromatic heterocycles. The summed E-state index contributed by atoms with van der Waals surface area (Å²) in [6.07, 6.45) is 3.23. The van der Waals surface area contributed by atoms with Crippen molar-refractivity contribution < 1.29 is 9.53 Å². The van der Waals surface area contributed by atoms with Gasteiger partial charge in [-0.1, -0.05) is 18.2 Å². The van der Waals surface area contributed by atoms with Gasteiger partial charge in [-0.3, -0.25) is 0 Å². The third-order valence-electron chi connectivity index (χ3n) is 2.97. The quantitative estimate of drug-likeness (QED) is 0.746. The number of benzene rings is 1. The van der Waals surface area contributed by atoms with Gasteiger partial charge in [-0.15, -0.1) is 0 Å². The van der Waals surface area contributed by atoms with Crippen molar-refractivity contribution in [3.05, 3.63) is 42.1 Å². The van der Waals surface area contributed by atoms with E-state index < -0.39 is 6.04 Å². The van der Waals surface area contributed by atoms with Gasteiger partial charge in [-0.05, 0) is 31.1 Å². The van der Waals surface area contributed by atoms with E-state index in [-0.39, 0.29) is 5.97 Å². The number of nitriles is 1. The molecule has 1 unspecified atom stereocenters. The zero-order valence-corrected chi connectivity index (χ0v) is 10.2. The maximum absolute atomic E-state index is 11.8. The predicted octanol–water partition coefficient (Wildman–Crippen LogP) is 2.24. The van der Waals surface area contributed by atoms with Crippen LogP contribution in [0.1, 0.15) is 12.8 Å². The van der Waals surface area contributed by atoms with E-state index >= 15 is 0 Å². The van der Waals surface area contributed by atoms with Crippen molar-refractivity contribution in [2.45, 2.75) is 18.9 Å². The number of methoxy groups -OCH3 is 1. The molecule has 4 nitrogen and oxygen atoms in total. The molecule has 1 atom stereocenters. The molecule has 0 aliphatic carbocycles. The lowest BCUT2D eigenvalue weighted by atomic mass is 10.0. The molecule has 0 radical (unpaired) electrons. The molecule has 1 aliphatic heterocycles. The molecule has 0 fully saturated rings. The van der Waals surface area contributed by atoms with Crippen molar-refractivity contribution >= 4 is 11.7 Å². The Kier molecular flexibility index (Phi) is 3.63. The number of rotatable bonds is 2. The molecule has 0 bridgehead atoms. The van der Waals surface area contributed by atoms with Gasteiger partial charge in [0.05, 0.1) is 7.11 Å². The molecule has 0 amide bonds. The first kappa shape index (κ1) is 12.2. The first-order valence-corrected chi connectivity index (χ1v) is 5.80. The molecule has 2 rings (SSSR count). The molecule has 0 spiro atoms. The van der Waals surface area contributed by atoms with Crippen molar-refractivity contribution in [2.75, 3.05) is 12.0 Å². The highest BCUT2D eigenvalue weighted by Gasteiger charge is 2.31. The molecule has 18 heavy (non-hydrogen) atoms. The van der Waals surface area contributed by atoms with Crippen molar-refractivity contribution in [1.82, 2.24) is 0 Å². The highest BCUT2D eigenvalue weighted by atomic mass is 16.5. The summed E-state index contributed by atoms with van der Waals surface area (Å²) in [4.78, 5) is 13.6. The Hall–Kier alpha value is -2.28. The van der Waals surface area contributed by atoms with Crippen molar-refractivity contribution in [3.63, 3.8) is 0 Å². The van der Waals surface area contributed by atoms with E-state index in [4.69, 9.17) is 4.74 Å². The third kappa shape index (κ3) is 2.21. The normalized spacial score (nSPS) is 18.8. The van der Waals surface area contributed by atoms with Gasteiger partial charge < -0.3 is 9.64 Å². The van der Waals surface area contributed by atoms with Crippen LogP contribution in [0.3, 0.4) is 0 Å². The Balaban J connectivity index is 2.41. The number of esters is 1. The third-order valence-corrected chi connectivity index (χ3v) is 2.97. The Labute approximate surface area is 106 Å². The molecule has 0 saturated heterocycles. The fourth-order valence-electron chi connectivity index (χ4n) is 2.14. The van der Waals surface area contributed by atoms with Crippen LogP contribution in [0.25, 0.3) is 0 Å². The summed E-state index contributed by atoms with van der Waals surface area (Å²) >= 11 is 0. The molecular formula is C14H14N2O2. The molecule has 92 valence electrons. The van der Waals surface area contributed by atoms with Crippen LogP contribution in [-0.4, -0.2) is 19.1 Å². The van der Waals surface area contributed by atoms with E-state index in [0.717, 1.165) is 5.69 Å². The predicted molar refractivity (Wildman–Crippen MR) is 67.7 cm³/mol. The number of nitrogens with zero attached hydrogens (tertiary/aromatic N) is 2. The molecule has 4 heteroatoms. The van der Waals surface area contributed by atoms with Crippen molar-refractivity contribution in [2.24, 2.45) is 0 Å². The summed E-state index contributed by atoms with van der Waals surface area (Å²) in [6, 6.07) is 11.1. The summed E-state index contributed by atoms with van der Waals surface area (Å²) in [5.74, 6) is -0.306. The van der Waals surface area contributed by atoms with Crippen LogP contribution in [0.2, 0.25) is 0 Å². The number of hydrogen-bond donors (Lipinski definition) is 0. The summed E-state index contributed by atoms with van der Waals surface area (Å²) in [5, 5.41) is 9.18. The number of ether oxygens (including phenoxy) is 1. The topological polar surface area (TPSA) is 53.3 Å². The van der Waals surface area contributed by atoms with Gasteiger partial charge in [0.25, 0.3) is 0 Å². The first-order valence-electron chi connectivity index (χ1n) is 5.80. The molecule has 0 N–H and O–H groups in total. The van der Waals surface area contributed by atoms with Crippen molar-refractivity contribution in [1.29, 1.82) is 5.26 Å². The minimum Gasteiger partial charge on any atom is -0.467 e. The van der Waals surface area contributed by atoms with E-state index in [9.17, 15) is 10.1 Å². The second-order valence-electron chi connectivity index (χ2n) is 4.02. The maximum atomic E-state index is 11.8. The Morgan fingerprint density at radius 2 is 2.17 bits per heavy atom. The number of anilines is 1. The summed E-state index contributed by atoms with van der Waals surface area (Å²) in [7, 11) is 1.37. The van der Waals surface area contributed by atoms with Crippen LogP contribution in [-0.2, 0) is 9.53 Å². The lowest BCUT2D eigenvalue weighted by Gasteiger charge is -2.33. The largest absolute Gasteiger partial charge is 0.467 e. The van der Waals surface area contributed by atoms with Crippen LogP contribution >= 0.6 is 0 Å². The zero-order valence-electron chi connectivity index (χ0n) is 10.2. The molecule has 0 saturated carbocycles. The smallest absolute Gasteiger partial charge is 0.328 e. The van der Waals surface area contributed by atoms with E-state index in [1.165, 1.54) is 7.11 Å². The second kappa shape index (κ2) is 5.37. The maximum Gasteiger partial charge on any atom is 0.328 e. The lowest BCUT2D eigenvalue weighted by molar-refractivity contribution is -0.142. The van der Waals surface area contributed by atoms with Gasteiger partial charge in [-0.2, -0.15) is 5.26 Å². The zero-order chi connectivity index (χ0) is 13.0. The number of allylic oxidation sites excluding steroid dienone is 2. The van der Waals surface area contributed by atoms with Crippen LogP contribution in [0.15, 0.2) is 42.1 Å².